The number of amides is 1. The molecule has 24 heavy (non-hydrogen) atoms. The summed E-state index contributed by atoms with van der Waals surface area (Å²) in [5.41, 5.74) is 3.65. The average molecular weight is 325 g/mol. The largest absolute Gasteiger partial charge is 0.501 e. The van der Waals surface area contributed by atoms with E-state index in [1.807, 2.05) is 43.5 Å². The van der Waals surface area contributed by atoms with E-state index in [-0.39, 0.29) is 5.91 Å². The Morgan fingerprint density at radius 1 is 1.25 bits per heavy atom. The molecule has 1 aliphatic rings. The first kappa shape index (κ1) is 18.1. The van der Waals surface area contributed by atoms with Crippen LogP contribution in [0.2, 0.25) is 0 Å². The molecule has 0 N–H and O–H groups in total. The van der Waals surface area contributed by atoms with Crippen molar-refractivity contribution in [2.75, 3.05) is 14.2 Å². The third kappa shape index (κ3) is 5.41. The van der Waals surface area contributed by atoms with Gasteiger partial charge in [-0.05, 0) is 36.5 Å². The SMILES string of the molecule is C=Cc1ccc(CN(C)C(=O)CCCC2=CC=C(OC)CC2)cc1. The Labute approximate surface area is 145 Å². The van der Waals surface area contributed by atoms with Crippen LogP contribution in [0.15, 0.2) is 54.3 Å². The predicted molar refractivity (Wildman–Crippen MR) is 99.3 cm³/mol. The molecule has 1 amide bonds. The first-order chi connectivity index (χ1) is 11.6. The summed E-state index contributed by atoms with van der Waals surface area (Å²) in [5, 5.41) is 0. The van der Waals surface area contributed by atoms with E-state index in [4.69, 9.17) is 4.74 Å². The van der Waals surface area contributed by atoms with E-state index < -0.39 is 0 Å². The summed E-state index contributed by atoms with van der Waals surface area (Å²) < 4.78 is 5.24. The van der Waals surface area contributed by atoms with Gasteiger partial charge in [0.05, 0.1) is 12.9 Å². The lowest BCUT2D eigenvalue weighted by Crippen LogP contribution is -2.25. The summed E-state index contributed by atoms with van der Waals surface area (Å²) in [6, 6.07) is 8.15. The standard InChI is InChI=1S/C21H27NO2/c1-4-17-8-10-19(11-9-17)16-22(2)21(23)7-5-6-18-12-14-20(24-3)15-13-18/h4,8-12,14H,1,5-7,13,15-16H2,2-3H3. The van der Waals surface area contributed by atoms with E-state index in [0.29, 0.717) is 13.0 Å². The molecule has 0 radical (unpaired) electrons. The molecule has 0 fully saturated rings. The number of hydrogen-bond acceptors (Lipinski definition) is 2. The maximum Gasteiger partial charge on any atom is 0.222 e. The van der Waals surface area contributed by atoms with Gasteiger partial charge in [-0.25, -0.2) is 0 Å². The molecule has 0 atom stereocenters. The van der Waals surface area contributed by atoms with Crippen LogP contribution in [0.4, 0.5) is 0 Å². The monoisotopic (exact) mass is 325 g/mol. The molecule has 3 heteroatoms. The van der Waals surface area contributed by atoms with Gasteiger partial charge < -0.3 is 9.64 Å². The molecular weight excluding hydrogens is 298 g/mol. The Kier molecular flexibility index (Phi) is 6.86. The molecule has 0 heterocycles. The minimum absolute atomic E-state index is 0.201. The highest BCUT2D eigenvalue weighted by Gasteiger charge is 2.11. The fourth-order valence-electron chi connectivity index (χ4n) is 2.82. The van der Waals surface area contributed by atoms with E-state index in [0.717, 1.165) is 42.6 Å². The van der Waals surface area contributed by atoms with Gasteiger partial charge in [-0.1, -0.05) is 48.6 Å². The topological polar surface area (TPSA) is 29.5 Å². The van der Waals surface area contributed by atoms with Gasteiger partial charge in [0.2, 0.25) is 5.91 Å². The Morgan fingerprint density at radius 3 is 2.58 bits per heavy atom. The zero-order valence-corrected chi connectivity index (χ0v) is 14.8. The van der Waals surface area contributed by atoms with Gasteiger partial charge >= 0.3 is 0 Å². The molecule has 0 unspecified atom stereocenters. The van der Waals surface area contributed by atoms with Crippen molar-refractivity contribution in [3.8, 4) is 0 Å². The first-order valence-corrected chi connectivity index (χ1v) is 8.50. The first-order valence-electron chi connectivity index (χ1n) is 8.50. The van der Waals surface area contributed by atoms with E-state index in [2.05, 4.69) is 12.7 Å². The van der Waals surface area contributed by atoms with Gasteiger partial charge in [-0.15, -0.1) is 0 Å². The number of benzene rings is 1. The van der Waals surface area contributed by atoms with Crippen molar-refractivity contribution in [1.82, 2.24) is 4.90 Å². The summed E-state index contributed by atoms with van der Waals surface area (Å²) in [5.74, 6) is 1.24. The van der Waals surface area contributed by atoms with Gasteiger partial charge in [-0.2, -0.15) is 0 Å². The third-order valence-corrected chi connectivity index (χ3v) is 4.41. The van der Waals surface area contributed by atoms with Crippen LogP contribution in [0, 0.1) is 0 Å². The molecular formula is C21H27NO2. The maximum absolute atomic E-state index is 12.3. The van der Waals surface area contributed by atoms with Crippen LogP contribution < -0.4 is 0 Å². The fourth-order valence-corrected chi connectivity index (χ4v) is 2.82. The molecule has 0 saturated carbocycles. The van der Waals surface area contributed by atoms with Crippen LogP contribution in [-0.4, -0.2) is 25.0 Å². The van der Waals surface area contributed by atoms with Crippen molar-refractivity contribution in [3.63, 3.8) is 0 Å². The number of ether oxygens (including phenoxy) is 1. The molecule has 0 saturated heterocycles. The molecule has 1 aliphatic carbocycles. The zero-order valence-electron chi connectivity index (χ0n) is 14.8. The lowest BCUT2D eigenvalue weighted by Gasteiger charge is -2.18. The highest BCUT2D eigenvalue weighted by atomic mass is 16.5. The van der Waals surface area contributed by atoms with E-state index in [1.165, 1.54) is 5.57 Å². The van der Waals surface area contributed by atoms with Crippen LogP contribution >= 0.6 is 0 Å². The minimum atomic E-state index is 0.201. The van der Waals surface area contributed by atoms with Crippen molar-refractivity contribution in [2.24, 2.45) is 0 Å². The quantitative estimate of drug-likeness (QED) is 0.693. The number of carbonyl (C=O) groups excluding carboxylic acids is 1. The number of methoxy groups -OCH3 is 1. The number of nitrogens with zero attached hydrogens (tertiary/aromatic N) is 1. The lowest BCUT2D eigenvalue weighted by molar-refractivity contribution is -0.130. The second-order valence-corrected chi connectivity index (χ2v) is 6.21. The summed E-state index contributed by atoms with van der Waals surface area (Å²) in [4.78, 5) is 14.1. The van der Waals surface area contributed by atoms with Crippen LogP contribution in [-0.2, 0) is 16.1 Å². The Morgan fingerprint density at radius 2 is 2.00 bits per heavy atom. The number of allylic oxidation sites excluding steroid dienone is 4. The summed E-state index contributed by atoms with van der Waals surface area (Å²) in [7, 11) is 3.58. The molecule has 128 valence electrons. The van der Waals surface area contributed by atoms with Crippen molar-refractivity contribution >= 4 is 12.0 Å². The maximum atomic E-state index is 12.3. The van der Waals surface area contributed by atoms with E-state index in [1.54, 1.807) is 12.0 Å². The highest BCUT2D eigenvalue weighted by molar-refractivity contribution is 5.75. The summed E-state index contributed by atoms with van der Waals surface area (Å²) >= 11 is 0. The van der Waals surface area contributed by atoms with Crippen molar-refractivity contribution in [3.05, 3.63) is 65.5 Å². The molecule has 1 aromatic carbocycles. The third-order valence-electron chi connectivity index (χ3n) is 4.41. The van der Waals surface area contributed by atoms with Gasteiger partial charge in [0.15, 0.2) is 0 Å². The summed E-state index contributed by atoms with van der Waals surface area (Å²) in [6.07, 6.45) is 10.5. The molecule has 3 nitrogen and oxygen atoms in total. The molecule has 2 rings (SSSR count). The van der Waals surface area contributed by atoms with Crippen LogP contribution in [0.5, 0.6) is 0 Å². The Bertz CT molecular complexity index is 626. The Balaban J connectivity index is 1.74. The van der Waals surface area contributed by atoms with Crippen LogP contribution in [0.25, 0.3) is 6.08 Å². The average Bonchev–Trinajstić information content (AvgIpc) is 2.62. The van der Waals surface area contributed by atoms with Gasteiger partial charge in [0.25, 0.3) is 0 Å². The van der Waals surface area contributed by atoms with Crippen LogP contribution in [0.1, 0.15) is 43.2 Å². The normalized spacial score (nSPS) is 13.8. The van der Waals surface area contributed by atoms with Crippen molar-refractivity contribution in [2.45, 2.75) is 38.6 Å². The second kappa shape index (κ2) is 9.11. The second-order valence-electron chi connectivity index (χ2n) is 6.21. The zero-order chi connectivity index (χ0) is 17.4. The molecule has 0 bridgehead atoms. The molecule has 0 spiro atoms. The number of rotatable bonds is 8. The molecule has 0 aromatic heterocycles. The minimum Gasteiger partial charge on any atom is -0.501 e. The lowest BCUT2D eigenvalue weighted by atomic mass is 9.98. The van der Waals surface area contributed by atoms with E-state index >= 15 is 0 Å². The van der Waals surface area contributed by atoms with Gasteiger partial charge in [-0.3, -0.25) is 4.79 Å². The number of carbonyl (C=O) groups is 1. The smallest absolute Gasteiger partial charge is 0.222 e. The van der Waals surface area contributed by atoms with E-state index in [9.17, 15) is 4.79 Å². The fraction of sp³-hybridized carbons (Fsp3) is 0.381. The van der Waals surface area contributed by atoms with Crippen molar-refractivity contribution in [1.29, 1.82) is 0 Å². The van der Waals surface area contributed by atoms with Crippen molar-refractivity contribution < 1.29 is 9.53 Å². The Hall–Kier alpha value is -2.29. The molecule has 0 aliphatic heterocycles. The number of hydrogen-bond donors (Lipinski definition) is 0. The summed E-state index contributed by atoms with van der Waals surface area (Å²) in [6.45, 7) is 4.40. The predicted octanol–water partition coefficient (Wildman–Crippen LogP) is 4.71. The van der Waals surface area contributed by atoms with Crippen LogP contribution in [0.3, 0.4) is 0 Å². The van der Waals surface area contributed by atoms with Gasteiger partial charge in [0, 0.05) is 26.4 Å². The van der Waals surface area contributed by atoms with Gasteiger partial charge in [0.1, 0.15) is 0 Å². The molecule has 1 aromatic rings. The highest BCUT2D eigenvalue weighted by Crippen LogP contribution is 2.22.